The van der Waals surface area contributed by atoms with Gasteiger partial charge in [-0.05, 0) is 32.1 Å². The number of hydrogen-bond donors (Lipinski definition) is 0. The predicted octanol–water partition coefficient (Wildman–Crippen LogP) is 6.20. The van der Waals surface area contributed by atoms with E-state index >= 15 is 0 Å². The van der Waals surface area contributed by atoms with Crippen molar-refractivity contribution < 1.29 is 9.53 Å². The molecule has 0 aliphatic carbocycles. The van der Waals surface area contributed by atoms with Crippen LogP contribution in [0.15, 0.2) is 12.2 Å². The molecule has 0 saturated carbocycles. The first-order valence-electron chi connectivity index (χ1n) is 9.03. The summed E-state index contributed by atoms with van der Waals surface area (Å²) in [5.74, 6) is -0.0892. The molecule has 0 spiro atoms. The van der Waals surface area contributed by atoms with Gasteiger partial charge < -0.3 is 4.74 Å². The van der Waals surface area contributed by atoms with Gasteiger partial charge in [0.2, 0.25) is 0 Å². The monoisotopic (exact) mass is 296 g/mol. The van der Waals surface area contributed by atoms with E-state index in [1.54, 1.807) is 0 Å². The zero-order valence-electron chi connectivity index (χ0n) is 14.4. The van der Waals surface area contributed by atoms with Crippen LogP contribution in [-0.2, 0) is 9.53 Å². The van der Waals surface area contributed by atoms with E-state index in [-0.39, 0.29) is 5.97 Å². The zero-order valence-corrected chi connectivity index (χ0v) is 14.4. The summed E-state index contributed by atoms with van der Waals surface area (Å²) in [6.07, 6.45) is 22.0. The molecule has 0 unspecified atom stereocenters. The van der Waals surface area contributed by atoms with Crippen molar-refractivity contribution >= 4 is 5.97 Å². The van der Waals surface area contributed by atoms with Gasteiger partial charge in [-0.25, -0.2) is 0 Å². The second-order valence-electron chi connectivity index (χ2n) is 5.91. The number of methoxy groups -OCH3 is 1. The van der Waals surface area contributed by atoms with Crippen LogP contribution in [0.5, 0.6) is 0 Å². The molecule has 0 aromatic rings. The van der Waals surface area contributed by atoms with Gasteiger partial charge in [0.1, 0.15) is 0 Å². The Kier molecular flexibility index (Phi) is 16.6. The summed E-state index contributed by atoms with van der Waals surface area (Å²) in [5, 5.41) is 0. The summed E-state index contributed by atoms with van der Waals surface area (Å²) < 4.78 is 4.61. The quantitative estimate of drug-likeness (QED) is 0.204. The van der Waals surface area contributed by atoms with E-state index in [9.17, 15) is 4.79 Å². The molecule has 0 amide bonds. The summed E-state index contributed by atoms with van der Waals surface area (Å²) in [4.78, 5) is 10.9. The molecule has 0 aliphatic rings. The highest BCUT2D eigenvalue weighted by Gasteiger charge is 1.97. The Balaban J connectivity index is 3.10. The normalized spacial score (nSPS) is 11.1. The third-order valence-electron chi connectivity index (χ3n) is 3.87. The Morgan fingerprint density at radius 2 is 1.24 bits per heavy atom. The summed E-state index contributed by atoms with van der Waals surface area (Å²) in [6, 6.07) is 0. The van der Waals surface area contributed by atoms with Crippen LogP contribution < -0.4 is 0 Å². The number of carbonyl (C=O) groups is 1. The number of unbranched alkanes of at least 4 members (excludes halogenated alkanes) is 11. The molecular formula is C19H36O2. The minimum Gasteiger partial charge on any atom is -0.469 e. The number of allylic oxidation sites excluding steroid dienone is 2. The fourth-order valence-electron chi connectivity index (χ4n) is 2.44. The summed E-state index contributed by atoms with van der Waals surface area (Å²) in [7, 11) is 1.45. The van der Waals surface area contributed by atoms with Crippen LogP contribution in [0.25, 0.3) is 0 Å². The molecule has 0 heterocycles. The second kappa shape index (κ2) is 17.3. The van der Waals surface area contributed by atoms with Crippen LogP contribution in [0.3, 0.4) is 0 Å². The fraction of sp³-hybridized carbons (Fsp3) is 0.842. The molecular weight excluding hydrogens is 260 g/mol. The lowest BCUT2D eigenvalue weighted by atomic mass is 10.1. The summed E-state index contributed by atoms with van der Waals surface area (Å²) in [5.41, 5.74) is 0. The number of carbonyl (C=O) groups excluding carboxylic acids is 1. The molecule has 0 bridgehead atoms. The van der Waals surface area contributed by atoms with Gasteiger partial charge >= 0.3 is 5.97 Å². The van der Waals surface area contributed by atoms with Gasteiger partial charge in [-0.1, -0.05) is 70.4 Å². The first kappa shape index (κ1) is 20.2. The minimum absolute atomic E-state index is 0.0892. The topological polar surface area (TPSA) is 26.3 Å². The highest BCUT2D eigenvalue weighted by atomic mass is 16.5. The molecule has 2 nitrogen and oxygen atoms in total. The largest absolute Gasteiger partial charge is 0.469 e. The van der Waals surface area contributed by atoms with Gasteiger partial charge in [0.25, 0.3) is 0 Å². The third kappa shape index (κ3) is 17.2. The lowest BCUT2D eigenvalue weighted by Crippen LogP contribution is -1.98. The minimum atomic E-state index is -0.0892. The van der Waals surface area contributed by atoms with Crippen LogP contribution in [0.1, 0.15) is 96.8 Å². The molecule has 0 rings (SSSR count). The lowest BCUT2D eigenvalue weighted by Gasteiger charge is -2.00. The highest BCUT2D eigenvalue weighted by molar-refractivity contribution is 5.68. The fourth-order valence-corrected chi connectivity index (χ4v) is 2.44. The van der Waals surface area contributed by atoms with Crippen molar-refractivity contribution in [2.45, 2.75) is 96.8 Å². The molecule has 0 fully saturated rings. The van der Waals surface area contributed by atoms with Gasteiger partial charge in [-0.3, -0.25) is 4.79 Å². The molecule has 0 aromatic carbocycles. The standard InChI is InChI=1S/C19H36O2/c1-3-4-5-6-7-8-9-10-11-12-13-14-15-16-17-18-19(20)21-2/h13-14H,3-12,15-18H2,1-2H3. The Hall–Kier alpha value is -0.790. The van der Waals surface area contributed by atoms with Crippen molar-refractivity contribution in [2.24, 2.45) is 0 Å². The van der Waals surface area contributed by atoms with Crippen molar-refractivity contribution in [1.29, 1.82) is 0 Å². The average molecular weight is 296 g/mol. The molecule has 0 radical (unpaired) electrons. The molecule has 0 aromatic heterocycles. The van der Waals surface area contributed by atoms with E-state index < -0.39 is 0 Å². The highest BCUT2D eigenvalue weighted by Crippen LogP contribution is 2.11. The van der Waals surface area contributed by atoms with Gasteiger partial charge in [0, 0.05) is 6.42 Å². The van der Waals surface area contributed by atoms with E-state index in [0.717, 1.165) is 19.3 Å². The summed E-state index contributed by atoms with van der Waals surface area (Å²) in [6.45, 7) is 2.27. The molecule has 0 saturated heterocycles. The van der Waals surface area contributed by atoms with Gasteiger partial charge in [-0.15, -0.1) is 0 Å². The molecule has 2 heteroatoms. The molecule has 0 atom stereocenters. The maximum absolute atomic E-state index is 10.9. The van der Waals surface area contributed by atoms with Crippen LogP contribution in [-0.4, -0.2) is 13.1 Å². The van der Waals surface area contributed by atoms with E-state index in [1.165, 1.54) is 71.3 Å². The summed E-state index contributed by atoms with van der Waals surface area (Å²) >= 11 is 0. The first-order chi connectivity index (χ1) is 10.3. The van der Waals surface area contributed by atoms with Crippen LogP contribution in [0.4, 0.5) is 0 Å². The Morgan fingerprint density at radius 1 is 0.762 bits per heavy atom. The Morgan fingerprint density at radius 3 is 1.76 bits per heavy atom. The predicted molar refractivity (Wildman–Crippen MR) is 91.5 cm³/mol. The van der Waals surface area contributed by atoms with Crippen molar-refractivity contribution in [1.82, 2.24) is 0 Å². The number of hydrogen-bond acceptors (Lipinski definition) is 2. The van der Waals surface area contributed by atoms with Crippen LogP contribution in [0, 0.1) is 0 Å². The van der Waals surface area contributed by atoms with Gasteiger partial charge in [0.15, 0.2) is 0 Å². The SMILES string of the molecule is CCCCCCCCCCCC=CCCCCC(=O)OC. The van der Waals surface area contributed by atoms with E-state index in [4.69, 9.17) is 0 Å². The van der Waals surface area contributed by atoms with E-state index in [1.807, 2.05) is 0 Å². The Labute approximate surface area is 132 Å². The van der Waals surface area contributed by atoms with Crippen molar-refractivity contribution in [3.63, 3.8) is 0 Å². The van der Waals surface area contributed by atoms with Gasteiger partial charge in [0.05, 0.1) is 7.11 Å². The van der Waals surface area contributed by atoms with Crippen LogP contribution in [0.2, 0.25) is 0 Å². The molecule has 124 valence electrons. The van der Waals surface area contributed by atoms with Crippen LogP contribution >= 0.6 is 0 Å². The average Bonchev–Trinajstić information content (AvgIpc) is 2.50. The Bertz CT molecular complexity index is 246. The number of ether oxygens (including phenoxy) is 1. The van der Waals surface area contributed by atoms with Crippen molar-refractivity contribution in [3.8, 4) is 0 Å². The maximum atomic E-state index is 10.9. The van der Waals surface area contributed by atoms with Crippen molar-refractivity contribution in [2.75, 3.05) is 7.11 Å². The molecule has 0 aliphatic heterocycles. The van der Waals surface area contributed by atoms with E-state index in [2.05, 4.69) is 23.8 Å². The smallest absolute Gasteiger partial charge is 0.305 e. The zero-order chi connectivity index (χ0) is 15.6. The third-order valence-corrected chi connectivity index (χ3v) is 3.87. The lowest BCUT2D eigenvalue weighted by molar-refractivity contribution is -0.140. The van der Waals surface area contributed by atoms with Crippen molar-refractivity contribution in [3.05, 3.63) is 12.2 Å². The molecule has 21 heavy (non-hydrogen) atoms. The first-order valence-corrected chi connectivity index (χ1v) is 9.03. The van der Waals surface area contributed by atoms with E-state index in [0.29, 0.717) is 6.42 Å². The maximum Gasteiger partial charge on any atom is 0.305 e. The number of esters is 1. The number of rotatable bonds is 15. The van der Waals surface area contributed by atoms with Gasteiger partial charge in [-0.2, -0.15) is 0 Å². The molecule has 0 N–H and O–H groups in total. The second-order valence-corrected chi connectivity index (χ2v) is 5.91.